The Morgan fingerprint density at radius 1 is 1.39 bits per heavy atom. The number of aliphatic hydroxyl groups excluding tert-OH is 1. The van der Waals surface area contributed by atoms with Crippen molar-refractivity contribution in [1.29, 1.82) is 0 Å². The zero-order valence-electron chi connectivity index (χ0n) is 12.0. The van der Waals surface area contributed by atoms with Crippen molar-refractivity contribution in [1.82, 2.24) is 10.6 Å². The molecule has 1 amide bonds. The summed E-state index contributed by atoms with van der Waals surface area (Å²) in [7, 11) is 0. The van der Waals surface area contributed by atoms with E-state index in [1.54, 1.807) is 20.8 Å². The summed E-state index contributed by atoms with van der Waals surface area (Å²) in [6, 6.07) is 0. The van der Waals surface area contributed by atoms with Crippen molar-refractivity contribution in [3.63, 3.8) is 0 Å². The molecule has 5 heteroatoms. The molecule has 0 aromatic heterocycles. The first kappa shape index (κ1) is 16.9. The minimum atomic E-state index is -0.623. The van der Waals surface area contributed by atoms with Gasteiger partial charge < -0.3 is 20.5 Å². The summed E-state index contributed by atoms with van der Waals surface area (Å²) in [4.78, 5) is 11.3. The lowest BCUT2D eigenvalue weighted by Crippen LogP contribution is -2.40. The van der Waals surface area contributed by atoms with E-state index in [0.717, 1.165) is 6.54 Å². The molecule has 0 heterocycles. The molecule has 0 aliphatic carbocycles. The Kier molecular flexibility index (Phi) is 7.62. The van der Waals surface area contributed by atoms with Crippen LogP contribution in [0.15, 0.2) is 11.6 Å². The lowest BCUT2D eigenvalue weighted by atomic mass is 10.2. The van der Waals surface area contributed by atoms with E-state index in [9.17, 15) is 9.90 Å². The first-order chi connectivity index (χ1) is 8.24. The van der Waals surface area contributed by atoms with Crippen LogP contribution in [0.2, 0.25) is 0 Å². The fraction of sp³-hybridized carbons (Fsp3) is 0.769. The van der Waals surface area contributed by atoms with E-state index in [-0.39, 0.29) is 6.54 Å². The number of alkyl carbamates (subject to hydrolysis) is 1. The number of rotatable bonds is 6. The molecule has 0 bridgehead atoms. The number of carbonyl (C=O) groups is 1. The minimum absolute atomic E-state index is 0.177. The first-order valence-corrected chi connectivity index (χ1v) is 6.22. The van der Waals surface area contributed by atoms with Gasteiger partial charge in [-0.05, 0) is 34.6 Å². The standard InChI is InChI=1S/C13H26N2O3/c1-6-10(2)7-14-8-11(16)9-15-12(17)18-13(3,4)5/h6,11,14,16H,7-9H2,1-5H3,(H,15,17)/b10-6+. The van der Waals surface area contributed by atoms with E-state index >= 15 is 0 Å². The van der Waals surface area contributed by atoms with Crippen molar-refractivity contribution in [3.05, 3.63) is 11.6 Å². The smallest absolute Gasteiger partial charge is 0.407 e. The molecule has 0 saturated heterocycles. The SMILES string of the molecule is C/C=C(\C)CNCC(O)CNC(=O)OC(C)(C)C. The van der Waals surface area contributed by atoms with E-state index in [1.165, 1.54) is 5.57 Å². The lowest BCUT2D eigenvalue weighted by molar-refractivity contribution is 0.0492. The number of amides is 1. The van der Waals surface area contributed by atoms with Crippen molar-refractivity contribution in [2.24, 2.45) is 0 Å². The Bertz CT molecular complexity index is 282. The Hall–Kier alpha value is -1.07. The molecule has 0 aliphatic rings. The summed E-state index contributed by atoms with van der Waals surface area (Å²) in [6.45, 7) is 10.7. The number of allylic oxidation sites excluding steroid dienone is 1. The molecule has 1 unspecified atom stereocenters. The summed E-state index contributed by atoms with van der Waals surface area (Å²) in [5.74, 6) is 0. The van der Waals surface area contributed by atoms with Crippen LogP contribution < -0.4 is 10.6 Å². The molecule has 0 fully saturated rings. The highest BCUT2D eigenvalue weighted by atomic mass is 16.6. The van der Waals surface area contributed by atoms with Gasteiger partial charge in [-0.2, -0.15) is 0 Å². The van der Waals surface area contributed by atoms with Crippen LogP contribution in [0.1, 0.15) is 34.6 Å². The summed E-state index contributed by atoms with van der Waals surface area (Å²) >= 11 is 0. The predicted molar refractivity (Wildman–Crippen MR) is 72.5 cm³/mol. The average molecular weight is 258 g/mol. The molecule has 106 valence electrons. The number of ether oxygens (including phenoxy) is 1. The van der Waals surface area contributed by atoms with Crippen LogP contribution in [0.25, 0.3) is 0 Å². The van der Waals surface area contributed by atoms with Crippen molar-refractivity contribution in [3.8, 4) is 0 Å². The third-order valence-electron chi connectivity index (χ3n) is 2.16. The van der Waals surface area contributed by atoms with Gasteiger partial charge in [-0.15, -0.1) is 0 Å². The third kappa shape index (κ3) is 10.1. The van der Waals surface area contributed by atoms with Gasteiger partial charge in [0, 0.05) is 19.6 Å². The molecule has 0 rings (SSSR count). The number of hydrogen-bond donors (Lipinski definition) is 3. The van der Waals surface area contributed by atoms with Crippen molar-refractivity contribution < 1.29 is 14.6 Å². The number of carbonyl (C=O) groups excluding carboxylic acids is 1. The predicted octanol–water partition coefficient (Wildman–Crippen LogP) is 1.43. The fourth-order valence-corrected chi connectivity index (χ4v) is 1.13. The molecule has 0 radical (unpaired) electrons. The highest BCUT2D eigenvalue weighted by molar-refractivity contribution is 5.67. The monoisotopic (exact) mass is 258 g/mol. The summed E-state index contributed by atoms with van der Waals surface area (Å²) in [5.41, 5.74) is 0.693. The molecule has 5 nitrogen and oxygen atoms in total. The normalized spacial score (nSPS) is 14.2. The fourth-order valence-electron chi connectivity index (χ4n) is 1.13. The second kappa shape index (κ2) is 8.11. The zero-order valence-corrected chi connectivity index (χ0v) is 12.0. The van der Waals surface area contributed by atoms with Crippen molar-refractivity contribution in [2.45, 2.75) is 46.3 Å². The van der Waals surface area contributed by atoms with Crippen LogP contribution in [0.3, 0.4) is 0 Å². The molecule has 0 aliphatic heterocycles. The number of aliphatic hydroxyl groups is 1. The third-order valence-corrected chi connectivity index (χ3v) is 2.16. The number of nitrogens with one attached hydrogen (secondary N) is 2. The van der Waals surface area contributed by atoms with E-state index in [4.69, 9.17) is 4.74 Å². The largest absolute Gasteiger partial charge is 0.444 e. The maximum Gasteiger partial charge on any atom is 0.407 e. The lowest BCUT2D eigenvalue weighted by Gasteiger charge is -2.20. The van der Waals surface area contributed by atoms with Gasteiger partial charge >= 0.3 is 6.09 Å². The Labute approximate surface area is 110 Å². The highest BCUT2D eigenvalue weighted by Crippen LogP contribution is 2.06. The highest BCUT2D eigenvalue weighted by Gasteiger charge is 2.16. The second-order valence-corrected chi connectivity index (χ2v) is 5.30. The average Bonchev–Trinajstić information content (AvgIpc) is 2.23. The Morgan fingerprint density at radius 3 is 2.50 bits per heavy atom. The van der Waals surface area contributed by atoms with Crippen LogP contribution in [0, 0.1) is 0 Å². The van der Waals surface area contributed by atoms with E-state index in [2.05, 4.69) is 10.6 Å². The van der Waals surface area contributed by atoms with E-state index in [1.807, 2.05) is 19.9 Å². The Morgan fingerprint density at radius 2 is 2.00 bits per heavy atom. The van der Waals surface area contributed by atoms with Gasteiger partial charge in [-0.25, -0.2) is 4.79 Å². The van der Waals surface area contributed by atoms with Gasteiger partial charge in [-0.3, -0.25) is 0 Å². The van der Waals surface area contributed by atoms with Crippen LogP contribution in [-0.2, 0) is 4.74 Å². The van der Waals surface area contributed by atoms with Crippen LogP contribution in [0.4, 0.5) is 4.79 Å². The van der Waals surface area contributed by atoms with E-state index < -0.39 is 17.8 Å². The van der Waals surface area contributed by atoms with Crippen LogP contribution in [0.5, 0.6) is 0 Å². The second-order valence-electron chi connectivity index (χ2n) is 5.30. The molecule has 0 aromatic rings. The van der Waals surface area contributed by atoms with Crippen molar-refractivity contribution in [2.75, 3.05) is 19.6 Å². The summed E-state index contributed by atoms with van der Waals surface area (Å²) < 4.78 is 5.06. The van der Waals surface area contributed by atoms with Gasteiger partial charge in [0.25, 0.3) is 0 Å². The minimum Gasteiger partial charge on any atom is -0.444 e. The van der Waals surface area contributed by atoms with Crippen LogP contribution >= 0.6 is 0 Å². The topological polar surface area (TPSA) is 70.6 Å². The maximum absolute atomic E-state index is 11.3. The molecule has 0 saturated carbocycles. The maximum atomic E-state index is 11.3. The van der Waals surface area contributed by atoms with Gasteiger partial charge in [0.15, 0.2) is 0 Å². The quantitative estimate of drug-likeness (QED) is 0.630. The van der Waals surface area contributed by atoms with Gasteiger partial charge in [0.2, 0.25) is 0 Å². The molecular weight excluding hydrogens is 232 g/mol. The van der Waals surface area contributed by atoms with E-state index in [0.29, 0.717) is 6.54 Å². The molecule has 3 N–H and O–H groups in total. The zero-order chi connectivity index (χ0) is 14.2. The summed E-state index contributed by atoms with van der Waals surface area (Å²) in [6.07, 6.45) is 0.881. The van der Waals surface area contributed by atoms with Gasteiger partial charge in [0.1, 0.15) is 5.60 Å². The van der Waals surface area contributed by atoms with Gasteiger partial charge in [0.05, 0.1) is 6.10 Å². The number of hydrogen-bond acceptors (Lipinski definition) is 4. The van der Waals surface area contributed by atoms with Gasteiger partial charge in [-0.1, -0.05) is 11.6 Å². The van der Waals surface area contributed by atoms with Crippen molar-refractivity contribution >= 4 is 6.09 Å². The summed E-state index contributed by atoms with van der Waals surface area (Å²) in [5, 5.41) is 15.3. The van der Waals surface area contributed by atoms with Crippen LogP contribution in [-0.4, -0.2) is 42.5 Å². The first-order valence-electron chi connectivity index (χ1n) is 6.22. The molecular formula is C13H26N2O3. The Balaban J connectivity index is 3.70. The molecule has 0 spiro atoms. The molecule has 1 atom stereocenters. The molecule has 18 heavy (non-hydrogen) atoms. The molecule has 0 aromatic carbocycles.